The van der Waals surface area contributed by atoms with Crippen molar-refractivity contribution in [2.24, 2.45) is 0 Å². The highest BCUT2D eigenvalue weighted by Gasteiger charge is 2.14. The molecular weight excluding hydrogens is 220 g/mol. The lowest BCUT2D eigenvalue weighted by atomic mass is 10.2. The van der Waals surface area contributed by atoms with Gasteiger partial charge in [-0.3, -0.25) is 0 Å². The predicted molar refractivity (Wildman–Crippen MR) is 65.1 cm³/mol. The number of carbonyl (C=O) groups is 1. The van der Waals surface area contributed by atoms with E-state index in [-0.39, 0.29) is 5.76 Å². The van der Waals surface area contributed by atoms with Crippen LogP contribution in [0, 0.1) is 0 Å². The first-order chi connectivity index (χ1) is 8.00. The number of furan rings is 1. The van der Waals surface area contributed by atoms with Crippen molar-refractivity contribution in [2.75, 3.05) is 20.6 Å². The number of nitrogens with one attached hydrogen (secondary N) is 1. The monoisotopic (exact) mass is 240 g/mol. The summed E-state index contributed by atoms with van der Waals surface area (Å²) in [6.45, 7) is 3.61. The van der Waals surface area contributed by atoms with Crippen LogP contribution in [0.2, 0.25) is 0 Å². The van der Waals surface area contributed by atoms with Crippen LogP contribution >= 0.6 is 0 Å². The molecule has 1 rings (SSSR count). The van der Waals surface area contributed by atoms with Gasteiger partial charge in [-0.1, -0.05) is 0 Å². The molecule has 1 aromatic rings. The Morgan fingerprint density at radius 2 is 2.29 bits per heavy atom. The summed E-state index contributed by atoms with van der Waals surface area (Å²) in [5.41, 5.74) is 0.689. The minimum atomic E-state index is -1.02. The zero-order chi connectivity index (χ0) is 12.8. The third-order valence-electron chi connectivity index (χ3n) is 2.59. The van der Waals surface area contributed by atoms with Crippen molar-refractivity contribution >= 4 is 5.97 Å². The van der Waals surface area contributed by atoms with Gasteiger partial charge in [0.15, 0.2) is 0 Å². The minimum Gasteiger partial charge on any atom is -0.475 e. The van der Waals surface area contributed by atoms with Gasteiger partial charge in [-0.15, -0.1) is 0 Å². The fraction of sp³-hybridized carbons (Fsp3) is 0.583. The first-order valence-electron chi connectivity index (χ1n) is 5.68. The topological polar surface area (TPSA) is 65.7 Å². The molecule has 0 saturated carbocycles. The number of hydrogen-bond acceptors (Lipinski definition) is 4. The highest BCUT2D eigenvalue weighted by molar-refractivity contribution is 5.86. The summed E-state index contributed by atoms with van der Waals surface area (Å²) in [4.78, 5) is 12.9. The summed E-state index contributed by atoms with van der Waals surface area (Å²) in [5, 5.41) is 12.2. The minimum absolute atomic E-state index is 0.0253. The van der Waals surface area contributed by atoms with Gasteiger partial charge in [0, 0.05) is 18.2 Å². The van der Waals surface area contributed by atoms with Crippen molar-refractivity contribution in [2.45, 2.75) is 25.9 Å². The van der Waals surface area contributed by atoms with E-state index in [2.05, 4.69) is 17.1 Å². The van der Waals surface area contributed by atoms with E-state index in [1.165, 1.54) is 6.26 Å². The molecule has 0 amide bonds. The van der Waals surface area contributed by atoms with Crippen molar-refractivity contribution in [3.05, 3.63) is 23.7 Å². The zero-order valence-corrected chi connectivity index (χ0v) is 10.6. The Morgan fingerprint density at radius 1 is 1.59 bits per heavy atom. The molecule has 1 unspecified atom stereocenters. The van der Waals surface area contributed by atoms with E-state index in [4.69, 9.17) is 9.52 Å². The maximum atomic E-state index is 10.8. The number of hydrogen-bond donors (Lipinski definition) is 2. The highest BCUT2D eigenvalue weighted by atomic mass is 16.4. The summed E-state index contributed by atoms with van der Waals surface area (Å²) in [6.07, 6.45) is 2.43. The van der Waals surface area contributed by atoms with Crippen LogP contribution in [0.25, 0.3) is 0 Å². The van der Waals surface area contributed by atoms with E-state index >= 15 is 0 Å². The summed E-state index contributed by atoms with van der Waals surface area (Å²) in [5.74, 6) is -0.995. The van der Waals surface area contributed by atoms with Crippen LogP contribution in [-0.2, 0) is 6.54 Å². The van der Waals surface area contributed by atoms with Crippen LogP contribution in [-0.4, -0.2) is 42.7 Å². The number of rotatable bonds is 7. The number of carboxylic acid groups (broad SMARTS) is 1. The molecule has 0 saturated heterocycles. The normalized spacial score (nSPS) is 12.9. The molecule has 0 spiro atoms. The van der Waals surface area contributed by atoms with E-state index in [1.54, 1.807) is 6.07 Å². The molecule has 0 bridgehead atoms. The second-order valence-corrected chi connectivity index (χ2v) is 4.45. The van der Waals surface area contributed by atoms with Crippen LogP contribution in [0.4, 0.5) is 0 Å². The Morgan fingerprint density at radius 3 is 2.88 bits per heavy atom. The van der Waals surface area contributed by atoms with Gasteiger partial charge < -0.3 is 19.7 Å². The zero-order valence-electron chi connectivity index (χ0n) is 10.6. The van der Waals surface area contributed by atoms with Gasteiger partial charge >= 0.3 is 5.97 Å². The first kappa shape index (κ1) is 13.7. The van der Waals surface area contributed by atoms with Gasteiger partial charge in [-0.05, 0) is 40.1 Å². The molecule has 0 aliphatic rings. The summed E-state index contributed by atoms with van der Waals surface area (Å²) in [7, 11) is 4.07. The average molecular weight is 240 g/mol. The lowest BCUT2D eigenvalue weighted by Gasteiger charge is -2.16. The highest BCUT2D eigenvalue weighted by Crippen LogP contribution is 2.10. The molecule has 1 atom stereocenters. The van der Waals surface area contributed by atoms with Crippen molar-refractivity contribution in [3.8, 4) is 0 Å². The molecule has 1 aromatic heterocycles. The van der Waals surface area contributed by atoms with Crippen LogP contribution in [0.3, 0.4) is 0 Å². The Hall–Kier alpha value is -1.33. The van der Waals surface area contributed by atoms with Crippen molar-refractivity contribution in [3.63, 3.8) is 0 Å². The van der Waals surface area contributed by atoms with E-state index in [9.17, 15) is 4.79 Å². The summed E-state index contributed by atoms with van der Waals surface area (Å²) in [6, 6.07) is 2.03. The second kappa shape index (κ2) is 6.42. The maximum Gasteiger partial charge on any atom is 0.372 e. The van der Waals surface area contributed by atoms with Gasteiger partial charge in [0.2, 0.25) is 5.76 Å². The molecular formula is C12H20N2O3. The molecule has 5 nitrogen and oxygen atoms in total. The third-order valence-corrected chi connectivity index (χ3v) is 2.59. The SMILES string of the molecule is CC(CCN(C)C)NCc1ccoc1C(=O)O. The first-order valence-corrected chi connectivity index (χ1v) is 5.68. The molecule has 0 fully saturated rings. The number of aromatic carboxylic acids is 1. The van der Waals surface area contributed by atoms with Gasteiger partial charge in [0.25, 0.3) is 0 Å². The maximum absolute atomic E-state index is 10.8. The van der Waals surface area contributed by atoms with E-state index < -0.39 is 5.97 Å². The van der Waals surface area contributed by atoms with E-state index in [0.29, 0.717) is 18.2 Å². The van der Waals surface area contributed by atoms with E-state index in [0.717, 1.165) is 13.0 Å². The standard InChI is InChI=1S/C12H20N2O3/c1-9(4-6-14(2)3)13-8-10-5-7-17-11(10)12(15)16/h5,7,9,13H,4,6,8H2,1-3H3,(H,15,16). The fourth-order valence-corrected chi connectivity index (χ4v) is 1.50. The van der Waals surface area contributed by atoms with Crippen molar-refractivity contribution in [1.29, 1.82) is 0 Å². The lowest BCUT2D eigenvalue weighted by molar-refractivity contribution is 0.0660. The molecule has 96 valence electrons. The van der Waals surface area contributed by atoms with Crippen molar-refractivity contribution < 1.29 is 14.3 Å². The third kappa shape index (κ3) is 4.58. The molecule has 0 aromatic carbocycles. The Labute approximate surface area is 101 Å². The Balaban J connectivity index is 2.39. The summed E-state index contributed by atoms with van der Waals surface area (Å²) >= 11 is 0. The molecule has 0 radical (unpaired) electrons. The van der Waals surface area contributed by atoms with Crippen LogP contribution in [0.15, 0.2) is 16.7 Å². The molecule has 5 heteroatoms. The van der Waals surface area contributed by atoms with Gasteiger partial charge in [0.05, 0.1) is 6.26 Å². The smallest absolute Gasteiger partial charge is 0.372 e. The molecule has 2 N–H and O–H groups in total. The average Bonchev–Trinajstić information content (AvgIpc) is 2.71. The molecule has 0 aliphatic carbocycles. The van der Waals surface area contributed by atoms with Crippen molar-refractivity contribution in [1.82, 2.24) is 10.2 Å². The number of carboxylic acids is 1. The largest absolute Gasteiger partial charge is 0.475 e. The fourth-order valence-electron chi connectivity index (χ4n) is 1.50. The molecule has 1 heterocycles. The predicted octanol–water partition coefficient (Wildman–Crippen LogP) is 1.41. The van der Waals surface area contributed by atoms with Gasteiger partial charge in [0.1, 0.15) is 0 Å². The van der Waals surface area contributed by atoms with Crippen LogP contribution < -0.4 is 5.32 Å². The molecule has 17 heavy (non-hydrogen) atoms. The number of nitrogens with zero attached hydrogens (tertiary/aromatic N) is 1. The van der Waals surface area contributed by atoms with Gasteiger partial charge in [-0.25, -0.2) is 4.79 Å². The Bertz CT molecular complexity index is 360. The quantitative estimate of drug-likeness (QED) is 0.754. The molecule has 0 aliphatic heterocycles. The van der Waals surface area contributed by atoms with Crippen LogP contribution in [0.1, 0.15) is 29.5 Å². The second-order valence-electron chi connectivity index (χ2n) is 4.45. The Kier molecular flexibility index (Phi) is 5.18. The van der Waals surface area contributed by atoms with E-state index in [1.807, 2.05) is 14.1 Å². The van der Waals surface area contributed by atoms with Crippen LogP contribution in [0.5, 0.6) is 0 Å². The van der Waals surface area contributed by atoms with Gasteiger partial charge in [-0.2, -0.15) is 0 Å². The summed E-state index contributed by atoms with van der Waals surface area (Å²) < 4.78 is 4.91. The lowest BCUT2D eigenvalue weighted by Crippen LogP contribution is -2.29.